The number of aromatic nitrogens is 1. The minimum absolute atomic E-state index is 0.0558. The number of rotatable bonds is 7. The molecule has 1 aliphatic rings. The van der Waals surface area contributed by atoms with Gasteiger partial charge in [0.2, 0.25) is 11.8 Å². The molecule has 8 heteroatoms. The first kappa shape index (κ1) is 21.6. The van der Waals surface area contributed by atoms with Crippen LogP contribution in [-0.4, -0.2) is 73.0 Å². The first-order valence-electron chi connectivity index (χ1n) is 10.6. The number of nitrogens with zero attached hydrogens (tertiary/aromatic N) is 3. The molecule has 2 amide bonds. The number of piperazine rings is 1. The van der Waals surface area contributed by atoms with Gasteiger partial charge >= 0.3 is 0 Å². The molecule has 0 bridgehead atoms. The van der Waals surface area contributed by atoms with Gasteiger partial charge in [-0.2, -0.15) is 0 Å². The normalized spacial score (nSPS) is 14.7. The minimum atomic E-state index is -0.106. The molecule has 32 heavy (non-hydrogen) atoms. The second-order valence-electron chi connectivity index (χ2n) is 7.50. The van der Waals surface area contributed by atoms with E-state index in [2.05, 4.69) is 15.2 Å². The van der Waals surface area contributed by atoms with Crippen molar-refractivity contribution in [2.45, 2.75) is 0 Å². The smallest absolute Gasteiger partial charge is 0.251 e. The van der Waals surface area contributed by atoms with E-state index in [1.165, 1.54) is 6.08 Å². The summed E-state index contributed by atoms with van der Waals surface area (Å²) < 4.78 is 10.7. The number of para-hydroxylation sites is 2. The first-order chi connectivity index (χ1) is 15.6. The Morgan fingerprint density at radius 3 is 2.56 bits per heavy atom. The Bertz CT molecular complexity index is 1070. The third kappa shape index (κ3) is 5.33. The fourth-order valence-electron chi connectivity index (χ4n) is 3.57. The van der Waals surface area contributed by atoms with Crippen molar-refractivity contribution >= 4 is 29.0 Å². The van der Waals surface area contributed by atoms with E-state index in [0.717, 1.165) is 30.9 Å². The van der Waals surface area contributed by atoms with Crippen LogP contribution in [0, 0.1) is 0 Å². The Labute approximate surface area is 186 Å². The molecule has 4 rings (SSSR count). The fourth-order valence-corrected chi connectivity index (χ4v) is 3.57. The number of benzene rings is 2. The lowest BCUT2D eigenvalue weighted by molar-refractivity contribution is -0.127. The largest absolute Gasteiger partial charge is 0.497 e. The van der Waals surface area contributed by atoms with E-state index in [1.54, 1.807) is 37.5 Å². The Hall–Kier alpha value is -3.65. The highest BCUT2D eigenvalue weighted by Crippen LogP contribution is 2.16. The average molecular weight is 434 g/mol. The third-order valence-electron chi connectivity index (χ3n) is 5.43. The molecular weight excluding hydrogens is 408 g/mol. The number of carbonyl (C=O) groups is 2. The maximum Gasteiger partial charge on any atom is 0.251 e. The number of ether oxygens (including phenoxy) is 1. The zero-order chi connectivity index (χ0) is 22.3. The predicted octanol–water partition coefficient (Wildman–Crippen LogP) is 2.42. The zero-order valence-electron chi connectivity index (χ0n) is 18.0. The third-order valence-corrected chi connectivity index (χ3v) is 5.43. The number of methoxy groups -OCH3 is 1. The maximum absolute atomic E-state index is 12.5. The summed E-state index contributed by atoms with van der Waals surface area (Å²) >= 11 is 0. The van der Waals surface area contributed by atoms with E-state index in [0.29, 0.717) is 36.7 Å². The standard InChI is InChI=1S/C24H26N4O4/c1-31-19-8-6-18(7-9-19)24(30)25-12-13-27-14-16-28(17-15-27)23(29)11-10-22-26-20-4-2-3-5-21(20)32-22/h2-11H,12-17H2,1H3,(H,25,30). The van der Waals surface area contributed by atoms with Crippen molar-refractivity contribution in [2.75, 3.05) is 46.4 Å². The van der Waals surface area contributed by atoms with Crippen LogP contribution in [0.5, 0.6) is 5.75 Å². The lowest BCUT2D eigenvalue weighted by Gasteiger charge is -2.34. The van der Waals surface area contributed by atoms with E-state index >= 15 is 0 Å². The summed E-state index contributed by atoms with van der Waals surface area (Å²) in [6.07, 6.45) is 3.12. The molecule has 1 N–H and O–H groups in total. The first-order valence-corrected chi connectivity index (χ1v) is 10.6. The van der Waals surface area contributed by atoms with Gasteiger partial charge in [-0.15, -0.1) is 0 Å². The molecule has 166 valence electrons. The van der Waals surface area contributed by atoms with Crippen LogP contribution in [0.25, 0.3) is 17.2 Å². The van der Waals surface area contributed by atoms with Gasteiger partial charge in [0.25, 0.3) is 5.91 Å². The highest BCUT2D eigenvalue weighted by atomic mass is 16.5. The van der Waals surface area contributed by atoms with Crippen LogP contribution < -0.4 is 10.1 Å². The molecular formula is C24H26N4O4. The molecule has 2 aromatic carbocycles. The summed E-state index contributed by atoms with van der Waals surface area (Å²) in [6.45, 7) is 4.10. The van der Waals surface area contributed by atoms with Crippen LogP contribution in [0.1, 0.15) is 16.2 Å². The highest BCUT2D eigenvalue weighted by Gasteiger charge is 2.19. The number of carbonyl (C=O) groups excluding carboxylic acids is 2. The molecule has 3 aromatic rings. The number of hydrogen-bond donors (Lipinski definition) is 1. The van der Waals surface area contributed by atoms with Crippen molar-refractivity contribution in [3.05, 3.63) is 66.1 Å². The van der Waals surface area contributed by atoms with Gasteiger partial charge in [0, 0.05) is 57.0 Å². The SMILES string of the molecule is COc1ccc(C(=O)NCCN2CCN(C(=O)C=Cc3nc4ccccc4o3)CC2)cc1. The van der Waals surface area contributed by atoms with Gasteiger partial charge in [-0.3, -0.25) is 14.5 Å². The number of hydrogen-bond acceptors (Lipinski definition) is 6. The number of fused-ring (bicyclic) bond motifs is 1. The van der Waals surface area contributed by atoms with Crippen LogP contribution in [0.3, 0.4) is 0 Å². The van der Waals surface area contributed by atoms with Crippen molar-refractivity contribution in [3.63, 3.8) is 0 Å². The number of oxazole rings is 1. The summed E-state index contributed by atoms with van der Waals surface area (Å²) in [4.78, 5) is 33.1. The number of amides is 2. The van der Waals surface area contributed by atoms with Crippen LogP contribution >= 0.6 is 0 Å². The highest BCUT2D eigenvalue weighted by molar-refractivity contribution is 5.94. The molecule has 8 nitrogen and oxygen atoms in total. The zero-order valence-corrected chi connectivity index (χ0v) is 18.0. The second-order valence-corrected chi connectivity index (χ2v) is 7.50. The molecule has 0 saturated carbocycles. The monoisotopic (exact) mass is 434 g/mol. The lowest BCUT2D eigenvalue weighted by Crippen LogP contribution is -2.49. The summed E-state index contributed by atoms with van der Waals surface area (Å²) in [5.74, 6) is 0.981. The van der Waals surface area contributed by atoms with Crippen molar-refractivity contribution in [2.24, 2.45) is 0 Å². The van der Waals surface area contributed by atoms with E-state index in [1.807, 2.05) is 29.2 Å². The molecule has 1 aromatic heterocycles. The van der Waals surface area contributed by atoms with Gasteiger partial charge in [-0.1, -0.05) is 12.1 Å². The molecule has 1 fully saturated rings. The van der Waals surface area contributed by atoms with Gasteiger partial charge in [0.1, 0.15) is 11.3 Å². The Kier molecular flexibility index (Phi) is 6.81. The molecule has 2 heterocycles. The minimum Gasteiger partial charge on any atom is -0.497 e. The second kappa shape index (κ2) is 10.1. The van der Waals surface area contributed by atoms with E-state index in [-0.39, 0.29) is 11.8 Å². The predicted molar refractivity (Wildman–Crippen MR) is 121 cm³/mol. The Balaban J connectivity index is 1.19. The van der Waals surface area contributed by atoms with Crippen molar-refractivity contribution < 1.29 is 18.7 Å². The lowest BCUT2D eigenvalue weighted by atomic mass is 10.2. The molecule has 1 saturated heterocycles. The van der Waals surface area contributed by atoms with E-state index in [4.69, 9.17) is 9.15 Å². The van der Waals surface area contributed by atoms with Crippen molar-refractivity contribution in [3.8, 4) is 5.75 Å². The quantitative estimate of drug-likeness (QED) is 0.575. The van der Waals surface area contributed by atoms with Crippen molar-refractivity contribution in [1.29, 1.82) is 0 Å². The van der Waals surface area contributed by atoms with E-state index < -0.39 is 0 Å². The maximum atomic E-state index is 12.5. The molecule has 0 spiro atoms. The van der Waals surface area contributed by atoms with Gasteiger partial charge < -0.3 is 19.4 Å². The molecule has 0 unspecified atom stereocenters. The summed E-state index contributed by atoms with van der Waals surface area (Å²) in [5, 5.41) is 2.94. The van der Waals surface area contributed by atoms with Gasteiger partial charge in [0.15, 0.2) is 5.58 Å². The Morgan fingerprint density at radius 1 is 1.09 bits per heavy atom. The average Bonchev–Trinajstić information content (AvgIpc) is 3.26. The molecule has 0 atom stereocenters. The summed E-state index contributed by atoms with van der Waals surface area (Å²) in [5.41, 5.74) is 2.08. The molecule has 1 aliphatic heterocycles. The van der Waals surface area contributed by atoms with Crippen LogP contribution in [0.15, 0.2) is 59.0 Å². The van der Waals surface area contributed by atoms with E-state index in [9.17, 15) is 9.59 Å². The van der Waals surface area contributed by atoms with Crippen molar-refractivity contribution in [1.82, 2.24) is 20.1 Å². The van der Waals surface area contributed by atoms with Gasteiger partial charge in [0.05, 0.1) is 7.11 Å². The van der Waals surface area contributed by atoms with Crippen LogP contribution in [-0.2, 0) is 4.79 Å². The fraction of sp³-hybridized carbons (Fsp3) is 0.292. The molecule has 0 radical (unpaired) electrons. The van der Waals surface area contributed by atoms with Crippen LogP contribution in [0.2, 0.25) is 0 Å². The number of nitrogens with one attached hydrogen (secondary N) is 1. The molecule has 0 aliphatic carbocycles. The van der Waals surface area contributed by atoms with Gasteiger partial charge in [-0.25, -0.2) is 4.98 Å². The van der Waals surface area contributed by atoms with Crippen LogP contribution in [0.4, 0.5) is 0 Å². The topological polar surface area (TPSA) is 87.9 Å². The van der Waals surface area contributed by atoms with Gasteiger partial charge in [-0.05, 0) is 36.4 Å². The Morgan fingerprint density at radius 2 is 1.84 bits per heavy atom. The summed E-state index contributed by atoms with van der Waals surface area (Å²) in [6, 6.07) is 14.5. The summed E-state index contributed by atoms with van der Waals surface area (Å²) in [7, 11) is 1.59.